The lowest BCUT2D eigenvalue weighted by Gasteiger charge is -2.12. The molecule has 6 heteroatoms. The second-order valence-electron chi connectivity index (χ2n) is 4.95. The molecule has 0 spiro atoms. The molecule has 0 aromatic heterocycles. The Kier molecular flexibility index (Phi) is 4.56. The Morgan fingerprint density at radius 3 is 2.29 bits per heavy atom. The summed E-state index contributed by atoms with van der Waals surface area (Å²) < 4.78 is 27.5. The molecule has 4 nitrogen and oxygen atoms in total. The maximum atomic E-state index is 12.5. The molecule has 112 valence electrons. The standard InChI is InChI=1S/C15H17ClN2O2S/c1-10-5-11(2)7-13(6-10)18-21(19,20)15-8-12(9-17)3-4-14(15)16/h3-8,18H,9,17H2,1-2H3. The monoisotopic (exact) mass is 324 g/mol. The largest absolute Gasteiger partial charge is 0.326 e. The Morgan fingerprint density at radius 1 is 1.10 bits per heavy atom. The number of benzene rings is 2. The SMILES string of the molecule is Cc1cc(C)cc(NS(=O)(=O)c2cc(CN)ccc2Cl)c1. The lowest BCUT2D eigenvalue weighted by Crippen LogP contribution is -2.14. The van der Waals surface area contributed by atoms with Gasteiger partial charge in [0.25, 0.3) is 10.0 Å². The summed E-state index contributed by atoms with van der Waals surface area (Å²) in [6.45, 7) is 4.07. The Morgan fingerprint density at radius 2 is 1.71 bits per heavy atom. The van der Waals surface area contributed by atoms with Crippen LogP contribution in [0.15, 0.2) is 41.3 Å². The van der Waals surface area contributed by atoms with Crippen LogP contribution in [0.3, 0.4) is 0 Å². The first-order valence-corrected chi connectivity index (χ1v) is 8.27. The quantitative estimate of drug-likeness (QED) is 0.907. The van der Waals surface area contributed by atoms with Crippen LogP contribution in [-0.2, 0) is 16.6 Å². The summed E-state index contributed by atoms with van der Waals surface area (Å²) >= 11 is 6.01. The first kappa shape index (κ1) is 15.8. The Labute approximate surface area is 130 Å². The van der Waals surface area contributed by atoms with Crippen LogP contribution in [0.1, 0.15) is 16.7 Å². The van der Waals surface area contributed by atoms with E-state index in [9.17, 15) is 8.42 Å². The van der Waals surface area contributed by atoms with Gasteiger partial charge >= 0.3 is 0 Å². The molecule has 0 aliphatic rings. The van der Waals surface area contributed by atoms with Crippen molar-refractivity contribution in [3.63, 3.8) is 0 Å². The van der Waals surface area contributed by atoms with E-state index in [0.29, 0.717) is 11.3 Å². The highest BCUT2D eigenvalue weighted by molar-refractivity contribution is 7.92. The van der Waals surface area contributed by atoms with Crippen LogP contribution in [0, 0.1) is 13.8 Å². The molecule has 0 heterocycles. The molecule has 2 aromatic carbocycles. The number of hydrogen-bond donors (Lipinski definition) is 2. The van der Waals surface area contributed by atoms with E-state index in [2.05, 4.69) is 4.72 Å². The fourth-order valence-electron chi connectivity index (χ4n) is 2.12. The predicted molar refractivity (Wildman–Crippen MR) is 86.1 cm³/mol. The third-order valence-electron chi connectivity index (χ3n) is 2.99. The van der Waals surface area contributed by atoms with Crippen LogP contribution in [0.2, 0.25) is 5.02 Å². The van der Waals surface area contributed by atoms with Crippen molar-refractivity contribution in [2.45, 2.75) is 25.3 Å². The van der Waals surface area contributed by atoms with Crippen molar-refractivity contribution in [2.24, 2.45) is 5.73 Å². The van der Waals surface area contributed by atoms with Crippen molar-refractivity contribution in [1.82, 2.24) is 0 Å². The van der Waals surface area contributed by atoms with Gasteiger partial charge in [-0.3, -0.25) is 4.72 Å². The number of hydrogen-bond acceptors (Lipinski definition) is 3. The van der Waals surface area contributed by atoms with Gasteiger partial charge in [0.1, 0.15) is 4.90 Å². The normalized spacial score (nSPS) is 11.4. The molecule has 21 heavy (non-hydrogen) atoms. The van der Waals surface area contributed by atoms with E-state index in [1.165, 1.54) is 6.07 Å². The smallest absolute Gasteiger partial charge is 0.263 e. The number of nitrogens with one attached hydrogen (secondary N) is 1. The molecule has 0 unspecified atom stereocenters. The lowest BCUT2D eigenvalue weighted by molar-refractivity contribution is 0.601. The zero-order chi connectivity index (χ0) is 15.6. The highest BCUT2D eigenvalue weighted by atomic mass is 35.5. The van der Waals surface area contributed by atoms with E-state index >= 15 is 0 Å². The summed E-state index contributed by atoms with van der Waals surface area (Å²) in [6.07, 6.45) is 0. The van der Waals surface area contributed by atoms with Crippen LogP contribution in [0.5, 0.6) is 0 Å². The van der Waals surface area contributed by atoms with E-state index in [1.54, 1.807) is 24.3 Å². The maximum absolute atomic E-state index is 12.5. The summed E-state index contributed by atoms with van der Waals surface area (Å²) in [5.74, 6) is 0. The van der Waals surface area contributed by atoms with Crippen LogP contribution in [0.25, 0.3) is 0 Å². The minimum absolute atomic E-state index is 0.0336. The second kappa shape index (κ2) is 6.05. The van der Waals surface area contributed by atoms with E-state index < -0.39 is 10.0 Å². The first-order valence-electron chi connectivity index (χ1n) is 6.41. The zero-order valence-corrected chi connectivity index (χ0v) is 13.4. The molecule has 2 aromatic rings. The van der Waals surface area contributed by atoms with Gasteiger partial charge in [0.15, 0.2) is 0 Å². The number of anilines is 1. The number of sulfonamides is 1. The third kappa shape index (κ3) is 3.75. The predicted octanol–water partition coefficient (Wildman–Crippen LogP) is 3.22. The molecule has 0 fully saturated rings. The Hall–Kier alpha value is -1.56. The van der Waals surface area contributed by atoms with Gasteiger partial charge in [0.05, 0.1) is 5.02 Å². The summed E-state index contributed by atoms with van der Waals surface area (Å²) in [5, 5.41) is 0.170. The van der Waals surface area contributed by atoms with Crippen molar-refractivity contribution < 1.29 is 8.42 Å². The maximum Gasteiger partial charge on any atom is 0.263 e. The van der Waals surface area contributed by atoms with Gasteiger partial charge in [-0.1, -0.05) is 23.7 Å². The van der Waals surface area contributed by atoms with E-state index in [-0.39, 0.29) is 16.5 Å². The van der Waals surface area contributed by atoms with Crippen LogP contribution in [-0.4, -0.2) is 8.42 Å². The van der Waals surface area contributed by atoms with Gasteiger partial charge in [-0.05, 0) is 54.8 Å². The van der Waals surface area contributed by atoms with Crippen LogP contribution >= 0.6 is 11.6 Å². The molecule has 0 amide bonds. The highest BCUT2D eigenvalue weighted by Crippen LogP contribution is 2.25. The highest BCUT2D eigenvalue weighted by Gasteiger charge is 2.18. The van der Waals surface area contributed by atoms with E-state index in [0.717, 1.165) is 11.1 Å². The summed E-state index contributed by atoms with van der Waals surface area (Å²) in [4.78, 5) is 0.0336. The third-order valence-corrected chi connectivity index (χ3v) is 4.86. The Bertz CT molecular complexity index is 753. The van der Waals surface area contributed by atoms with Gasteiger partial charge in [-0.25, -0.2) is 8.42 Å². The number of aryl methyl sites for hydroxylation is 2. The van der Waals surface area contributed by atoms with Gasteiger partial charge in [-0.2, -0.15) is 0 Å². The van der Waals surface area contributed by atoms with Crippen molar-refractivity contribution in [1.29, 1.82) is 0 Å². The van der Waals surface area contributed by atoms with Crippen molar-refractivity contribution in [3.8, 4) is 0 Å². The average molecular weight is 325 g/mol. The van der Waals surface area contributed by atoms with Crippen molar-refractivity contribution in [3.05, 3.63) is 58.1 Å². The molecule has 0 radical (unpaired) electrons. The lowest BCUT2D eigenvalue weighted by atomic mass is 10.1. The minimum Gasteiger partial charge on any atom is -0.326 e. The van der Waals surface area contributed by atoms with Gasteiger partial charge < -0.3 is 5.73 Å². The molecule has 2 rings (SSSR count). The van der Waals surface area contributed by atoms with Gasteiger partial charge in [0, 0.05) is 12.2 Å². The Balaban J connectivity index is 2.42. The summed E-state index contributed by atoms with van der Waals surface area (Å²) in [5.41, 5.74) is 8.73. The molecule has 0 aliphatic carbocycles. The molecule has 0 bridgehead atoms. The molecule has 3 N–H and O–H groups in total. The molecule has 0 atom stereocenters. The summed E-state index contributed by atoms with van der Waals surface area (Å²) in [7, 11) is -3.75. The second-order valence-corrected chi connectivity index (χ2v) is 7.01. The van der Waals surface area contributed by atoms with Crippen LogP contribution < -0.4 is 10.5 Å². The zero-order valence-electron chi connectivity index (χ0n) is 11.9. The fourth-order valence-corrected chi connectivity index (χ4v) is 3.72. The van der Waals surface area contributed by atoms with Crippen molar-refractivity contribution >= 4 is 27.3 Å². The van der Waals surface area contributed by atoms with E-state index in [1.807, 2.05) is 19.9 Å². The van der Waals surface area contributed by atoms with Gasteiger partial charge in [-0.15, -0.1) is 0 Å². The molecule has 0 aliphatic heterocycles. The number of rotatable bonds is 4. The number of halogens is 1. The molecular formula is C15H17ClN2O2S. The average Bonchev–Trinajstić information content (AvgIpc) is 2.37. The topological polar surface area (TPSA) is 72.2 Å². The fraction of sp³-hybridized carbons (Fsp3) is 0.200. The molecule has 0 saturated carbocycles. The van der Waals surface area contributed by atoms with Crippen LogP contribution in [0.4, 0.5) is 5.69 Å². The first-order chi connectivity index (χ1) is 9.81. The van der Waals surface area contributed by atoms with E-state index in [4.69, 9.17) is 17.3 Å². The minimum atomic E-state index is -3.75. The molecular weight excluding hydrogens is 308 g/mol. The summed E-state index contributed by atoms with van der Waals surface area (Å²) in [6, 6.07) is 10.3. The molecule has 0 saturated heterocycles. The van der Waals surface area contributed by atoms with Gasteiger partial charge in [0.2, 0.25) is 0 Å². The van der Waals surface area contributed by atoms with Crippen molar-refractivity contribution in [2.75, 3.05) is 4.72 Å². The number of nitrogens with two attached hydrogens (primary N) is 1.